The van der Waals surface area contributed by atoms with Crippen molar-refractivity contribution >= 4 is 21.9 Å². The zero-order valence-electron chi connectivity index (χ0n) is 15.6. The molecule has 0 amide bonds. The second-order valence-corrected chi connectivity index (χ2v) is 8.68. The smallest absolute Gasteiger partial charge is 0.346 e. The van der Waals surface area contributed by atoms with Crippen molar-refractivity contribution in [2.45, 2.75) is 45.5 Å². The summed E-state index contributed by atoms with van der Waals surface area (Å²) >= 11 is 3.23. The predicted molar refractivity (Wildman–Crippen MR) is 101 cm³/mol. The van der Waals surface area contributed by atoms with Crippen molar-refractivity contribution in [1.82, 2.24) is 0 Å². The fourth-order valence-corrected chi connectivity index (χ4v) is 4.10. The zero-order chi connectivity index (χ0) is 20.0. The predicted octanol–water partition coefficient (Wildman–Crippen LogP) is 5.67. The first kappa shape index (κ1) is 20.0. The van der Waals surface area contributed by atoms with Crippen molar-refractivity contribution in [2.24, 2.45) is 5.41 Å². The fourth-order valence-electron chi connectivity index (χ4n) is 3.35. The number of ether oxygens (including phenoxy) is 2. The van der Waals surface area contributed by atoms with Gasteiger partial charge in [0.25, 0.3) is 0 Å². The second kappa shape index (κ2) is 6.99. The van der Waals surface area contributed by atoms with Crippen molar-refractivity contribution < 1.29 is 23.0 Å². The van der Waals surface area contributed by atoms with Crippen LogP contribution in [0.15, 0.2) is 46.9 Å². The lowest BCUT2D eigenvalue weighted by atomic mass is 9.78. The van der Waals surface area contributed by atoms with Gasteiger partial charge in [-0.05, 0) is 11.6 Å². The highest BCUT2D eigenvalue weighted by Gasteiger charge is 2.58. The Bertz CT molecular complexity index is 840. The maximum Gasteiger partial charge on any atom is 0.346 e. The van der Waals surface area contributed by atoms with Gasteiger partial charge in [-0.1, -0.05) is 74.0 Å². The molecule has 1 aliphatic heterocycles. The topological polar surface area (TPSA) is 35.5 Å². The normalized spacial score (nSPS) is 24.0. The van der Waals surface area contributed by atoms with Crippen LogP contribution in [0.25, 0.3) is 0 Å². The van der Waals surface area contributed by atoms with Gasteiger partial charge in [0.2, 0.25) is 11.9 Å². The van der Waals surface area contributed by atoms with E-state index in [2.05, 4.69) is 15.9 Å². The van der Waals surface area contributed by atoms with Crippen LogP contribution in [-0.2, 0) is 19.9 Å². The monoisotopic (exact) mass is 438 g/mol. The molecule has 0 N–H and O–H groups in total. The molecule has 0 saturated carbocycles. The van der Waals surface area contributed by atoms with E-state index in [4.69, 9.17) is 9.47 Å². The molecule has 6 heteroatoms. The Hall–Kier alpha value is -1.79. The minimum atomic E-state index is -1.54. The maximum absolute atomic E-state index is 14.7. The average molecular weight is 439 g/mol. The Labute approximate surface area is 165 Å². The highest BCUT2D eigenvalue weighted by molar-refractivity contribution is 9.10. The van der Waals surface area contributed by atoms with Gasteiger partial charge in [0.05, 0.1) is 0 Å². The summed E-state index contributed by atoms with van der Waals surface area (Å²) < 4.78 is 40.3. The molecule has 1 saturated heterocycles. The summed E-state index contributed by atoms with van der Waals surface area (Å²) in [5.41, 5.74) is -1.29. The molecule has 0 bridgehead atoms. The lowest BCUT2D eigenvalue weighted by Gasteiger charge is -2.34. The Morgan fingerprint density at radius 1 is 1.15 bits per heavy atom. The first-order chi connectivity index (χ1) is 12.6. The Kier molecular flexibility index (Phi) is 5.16. The van der Waals surface area contributed by atoms with Gasteiger partial charge in [-0.3, -0.25) is 0 Å². The molecule has 1 aliphatic rings. The number of carbonyl (C=O) groups excluding carboxylic acids is 1. The van der Waals surface area contributed by atoms with Gasteiger partial charge in [0.15, 0.2) is 0 Å². The molecular weight excluding hydrogens is 418 g/mol. The number of rotatable bonds is 3. The number of esters is 1. The van der Waals surface area contributed by atoms with E-state index in [1.54, 1.807) is 31.2 Å². The van der Waals surface area contributed by atoms with Crippen LogP contribution in [-0.4, -0.2) is 12.3 Å². The molecule has 1 fully saturated rings. The Morgan fingerprint density at radius 2 is 1.78 bits per heavy atom. The van der Waals surface area contributed by atoms with Crippen LogP contribution in [0.4, 0.5) is 8.78 Å². The highest BCUT2D eigenvalue weighted by atomic mass is 79.9. The summed E-state index contributed by atoms with van der Waals surface area (Å²) in [4.78, 5) is 13.1. The molecule has 3 rings (SSSR count). The third kappa shape index (κ3) is 3.41. The van der Waals surface area contributed by atoms with E-state index >= 15 is 0 Å². The molecule has 0 radical (unpaired) electrons. The van der Waals surface area contributed by atoms with Gasteiger partial charge in [-0.15, -0.1) is 0 Å². The molecule has 1 heterocycles. The summed E-state index contributed by atoms with van der Waals surface area (Å²) in [6.45, 7) is 7.36. The van der Waals surface area contributed by atoms with E-state index in [0.717, 1.165) is 6.07 Å². The van der Waals surface area contributed by atoms with Gasteiger partial charge < -0.3 is 9.47 Å². The molecular formula is C21H21BrF2O3. The van der Waals surface area contributed by atoms with Crippen LogP contribution in [0.5, 0.6) is 0 Å². The summed E-state index contributed by atoms with van der Waals surface area (Å²) in [6, 6.07) is 10.8. The number of cyclic esters (lactones) is 1. The minimum absolute atomic E-state index is 0.159. The van der Waals surface area contributed by atoms with E-state index in [1.807, 2.05) is 26.8 Å². The number of carbonyl (C=O) groups is 1. The molecule has 0 aliphatic carbocycles. The average Bonchev–Trinajstić information content (AvgIpc) is 2.93. The van der Waals surface area contributed by atoms with Crippen molar-refractivity contribution in [3.8, 4) is 0 Å². The molecule has 144 valence electrons. The van der Waals surface area contributed by atoms with Gasteiger partial charge in [0.1, 0.15) is 11.6 Å². The standard InChI is InChI=1S/C21H21BrF2O3/c1-12(17-15(22)10-14(23)11-16(17)24)21(13-8-6-5-7-9-13)18(25)26-19(27-21)20(2,3)4/h5-12,19H,1-4H3/t12?,19-,21+/m1/s1. The summed E-state index contributed by atoms with van der Waals surface area (Å²) in [7, 11) is 0. The third-order valence-electron chi connectivity index (χ3n) is 4.81. The molecule has 0 aromatic heterocycles. The van der Waals surface area contributed by atoms with E-state index in [1.165, 1.54) is 6.07 Å². The number of benzene rings is 2. The minimum Gasteiger partial charge on any atom is -0.433 e. The quantitative estimate of drug-likeness (QED) is 0.578. The number of halogens is 3. The van der Waals surface area contributed by atoms with Gasteiger partial charge >= 0.3 is 5.97 Å². The molecule has 3 atom stereocenters. The molecule has 3 nitrogen and oxygen atoms in total. The first-order valence-electron chi connectivity index (χ1n) is 8.66. The first-order valence-corrected chi connectivity index (χ1v) is 9.45. The van der Waals surface area contributed by atoms with E-state index in [9.17, 15) is 13.6 Å². The van der Waals surface area contributed by atoms with Crippen LogP contribution in [0.3, 0.4) is 0 Å². The second-order valence-electron chi connectivity index (χ2n) is 7.83. The SMILES string of the molecule is CC(c1c(F)cc(F)cc1Br)[C@@]1(c2ccccc2)O[C@H](C(C)(C)C)OC1=O. The highest BCUT2D eigenvalue weighted by Crippen LogP contribution is 2.50. The molecule has 0 spiro atoms. The van der Waals surface area contributed by atoms with Crippen molar-refractivity contribution in [1.29, 1.82) is 0 Å². The van der Waals surface area contributed by atoms with Gasteiger partial charge in [-0.25, -0.2) is 13.6 Å². The zero-order valence-corrected chi connectivity index (χ0v) is 17.1. The maximum atomic E-state index is 14.7. The number of hydrogen-bond acceptors (Lipinski definition) is 3. The molecule has 27 heavy (non-hydrogen) atoms. The van der Waals surface area contributed by atoms with Crippen LogP contribution in [0.2, 0.25) is 0 Å². The van der Waals surface area contributed by atoms with E-state index < -0.39 is 40.8 Å². The summed E-state index contributed by atoms with van der Waals surface area (Å²) in [6.07, 6.45) is -0.796. The molecule has 1 unspecified atom stereocenters. The lowest BCUT2D eigenvalue weighted by molar-refractivity contribution is -0.157. The van der Waals surface area contributed by atoms with Crippen LogP contribution in [0.1, 0.15) is 44.7 Å². The number of hydrogen-bond donors (Lipinski definition) is 0. The summed E-state index contributed by atoms with van der Waals surface area (Å²) in [5, 5.41) is 0. The Morgan fingerprint density at radius 3 is 2.30 bits per heavy atom. The van der Waals surface area contributed by atoms with Crippen LogP contribution >= 0.6 is 15.9 Å². The van der Waals surface area contributed by atoms with Crippen molar-refractivity contribution in [3.63, 3.8) is 0 Å². The summed E-state index contributed by atoms with van der Waals surface area (Å²) in [5.74, 6) is -2.81. The Balaban J connectivity index is 2.20. The largest absolute Gasteiger partial charge is 0.433 e. The fraction of sp³-hybridized carbons (Fsp3) is 0.381. The third-order valence-corrected chi connectivity index (χ3v) is 5.46. The van der Waals surface area contributed by atoms with Crippen LogP contribution in [0, 0.1) is 17.0 Å². The van der Waals surface area contributed by atoms with Crippen molar-refractivity contribution in [3.05, 3.63) is 69.7 Å². The lowest BCUT2D eigenvalue weighted by Crippen LogP contribution is -2.40. The van der Waals surface area contributed by atoms with Gasteiger partial charge in [0, 0.05) is 27.4 Å². The van der Waals surface area contributed by atoms with E-state index in [-0.39, 0.29) is 10.0 Å². The molecule has 2 aromatic rings. The van der Waals surface area contributed by atoms with E-state index in [0.29, 0.717) is 5.56 Å². The van der Waals surface area contributed by atoms with Crippen LogP contribution < -0.4 is 0 Å². The molecule has 2 aromatic carbocycles. The van der Waals surface area contributed by atoms with Crippen molar-refractivity contribution in [2.75, 3.05) is 0 Å². The van der Waals surface area contributed by atoms with Gasteiger partial charge in [-0.2, -0.15) is 0 Å².